The molecular formula is C14H12FNO3S. The Morgan fingerprint density at radius 3 is 3.05 bits per heavy atom. The second kappa shape index (κ2) is 4.86. The lowest BCUT2D eigenvalue weighted by Gasteiger charge is -2.04. The molecule has 0 aliphatic heterocycles. The highest BCUT2D eigenvalue weighted by atomic mass is 32.1. The zero-order valence-electron chi connectivity index (χ0n) is 10.7. The topological polar surface area (TPSA) is 59.4 Å². The molecule has 1 unspecified atom stereocenters. The minimum atomic E-state index is -0.836. The predicted octanol–water partition coefficient (Wildman–Crippen LogP) is 3.07. The van der Waals surface area contributed by atoms with Gasteiger partial charge < -0.3 is 9.84 Å². The molecule has 1 aliphatic carbocycles. The summed E-state index contributed by atoms with van der Waals surface area (Å²) < 4.78 is 18.3. The fraction of sp³-hybridized carbons (Fsp3) is 0.286. The lowest BCUT2D eigenvalue weighted by atomic mass is 10.1. The maximum Gasteiger partial charge on any atom is 0.312 e. The third-order valence-electron chi connectivity index (χ3n) is 3.41. The number of rotatable bonds is 3. The van der Waals surface area contributed by atoms with E-state index in [4.69, 9.17) is 9.84 Å². The van der Waals surface area contributed by atoms with E-state index in [9.17, 15) is 9.18 Å². The van der Waals surface area contributed by atoms with Gasteiger partial charge >= 0.3 is 5.97 Å². The molecular weight excluding hydrogens is 281 g/mol. The molecule has 3 rings (SSSR count). The highest BCUT2D eigenvalue weighted by Gasteiger charge is 2.32. The van der Waals surface area contributed by atoms with Crippen LogP contribution in [0.2, 0.25) is 0 Å². The molecule has 0 bridgehead atoms. The number of methoxy groups -OCH3 is 1. The van der Waals surface area contributed by atoms with Crippen molar-refractivity contribution in [2.45, 2.75) is 18.8 Å². The number of aliphatic carboxylic acids is 1. The summed E-state index contributed by atoms with van der Waals surface area (Å²) in [6, 6.07) is 4.54. The summed E-state index contributed by atoms with van der Waals surface area (Å²) in [4.78, 5) is 16.6. The number of carbonyl (C=O) groups is 1. The number of hydrogen-bond donors (Lipinski definition) is 1. The van der Waals surface area contributed by atoms with Crippen LogP contribution in [-0.2, 0) is 11.2 Å². The maximum atomic E-state index is 13.4. The van der Waals surface area contributed by atoms with E-state index in [1.807, 2.05) is 0 Å². The molecule has 0 amide bonds. The van der Waals surface area contributed by atoms with Gasteiger partial charge in [0.15, 0.2) is 11.6 Å². The third-order valence-corrected chi connectivity index (χ3v) is 4.59. The van der Waals surface area contributed by atoms with E-state index in [0.29, 0.717) is 17.1 Å². The zero-order valence-corrected chi connectivity index (χ0v) is 11.5. The number of carboxylic acid groups (broad SMARTS) is 1. The lowest BCUT2D eigenvalue weighted by molar-refractivity contribution is -0.138. The second-order valence-electron chi connectivity index (χ2n) is 4.61. The van der Waals surface area contributed by atoms with Crippen molar-refractivity contribution in [3.63, 3.8) is 0 Å². The lowest BCUT2D eigenvalue weighted by Crippen LogP contribution is -2.08. The standard InChI is InChI=1S/C14H12FNO3S/c1-19-10-6-7(2-4-9(10)15)13-16-12-8(14(17)18)3-5-11(12)20-13/h2,4,6,8H,3,5H2,1H3,(H,17,18). The van der Waals surface area contributed by atoms with Crippen LogP contribution < -0.4 is 4.74 Å². The van der Waals surface area contributed by atoms with Gasteiger partial charge in [-0.1, -0.05) is 0 Å². The number of ether oxygens (including phenoxy) is 1. The summed E-state index contributed by atoms with van der Waals surface area (Å²) in [6.45, 7) is 0. The number of thiazole rings is 1. The average molecular weight is 293 g/mol. The van der Waals surface area contributed by atoms with Crippen LogP contribution in [0.4, 0.5) is 4.39 Å². The van der Waals surface area contributed by atoms with E-state index in [1.165, 1.54) is 24.5 Å². The fourth-order valence-corrected chi connectivity index (χ4v) is 3.52. The van der Waals surface area contributed by atoms with Gasteiger partial charge in [-0.05, 0) is 31.0 Å². The Morgan fingerprint density at radius 1 is 1.55 bits per heavy atom. The van der Waals surface area contributed by atoms with E-state index in [2.05, 4.69) is 4.98 Å². The summed E-state index contributed by atoms with van der Waals surface area (Å²) in [6.07, 6.45) is 1.35. The number of carboxylic acids is 1. The Balaban J connectivity index is 2.01. The first-order chi connectivity index (χ1) is 9.60. The van der Waals surface area contributed by atoms with Gasteiger partial charge in [-0.15, -0.1) is 11.3 Å². The van der Waals surface area contributed by atoms with Crippen LogP contribution in [0.5, 0.6) is 5.75 Å². The molecule has 1 N–H and O–H groups in total. The molecule has 0 saturated heterocycles. The molecule has 1 aliphatic rings. The number of halogens is 1. The first-order valence-electron chi connectivity index (χ1n) is 6.16. The van der Waals surface area contributed by atoms with Crippen LogP contribution in [0.3, 0.4) is 0 Å². The number of nitrogens with zero attached hydrogens (tertiary/aromatic N) is 1. The highest BCUT2D eigenvalue weighted by molar-refractivity contribution is 7.15. The monoisotopic (exact) mass is 293 g/mol. The van der Waals surface area contributed by atoms with Gasteiger partial charge in [-0.25, -0.2) is 9.37 Å². The van der Waals surface area contributed by atoms with Gasteiger partial charge in [-0.3, -0.25) is 4.79 Å². The Kier molecular flexibility index (Phi) is 3.17. The van der Waals surface area contributed by atoms with Crippen LogP contribution in [-0.4, -0.2) is 23.2 Å². The van der Waals surface area contributed by atoms with Crippen LogP contribution in [0.15, 0.2) is 18.2 Å². The summed E-state index contributed by atoms with van der Waals surface area (Å²) >= 11 is 1.47. The molecule has 4 nitrogen and oxygen atoms in total. The molecule has 0 saturated carbocycles. The largest absolute Gasteiger partial charge is 0.494 e. The summed E-state index contributed by atoms with van der Waals surface area (Å²) in [5, 5.41) is 9.86. The van der Waals surface area contributed by atoms with Crippen molar-refractivity contribution in [3.05, 3.63) is 34.6 Å². The molecule has 6 heteroatoms. The van der Waals surface area contributed by atoms with Crippen molar-refractivity contribution in [3.8, 4) is 16.3 Å². The number of aromatic nitrogens is 1. The van der Waals surface area contributed by atoms with Crippen LogP contribution in [0.1, 0.15) is 22.9 Å². The Morgan fingerprint density at radius 2 is 2.35 bits per heavy atom. The van der Waals surface area contributed by atoms with Crippen molar-refractivity contribution in [2.75, 3.05) is 7.11 Å². The van der Waals surface area contributed by atoms with Gasteiger partial charge in [0, 0.05) is 10.4 Å². The summed E-state index contributed by atoms with van der Waals surface area (Å²) in [7, 11) is 1.41. The molecule has 20 heavy (non-hydrogen) atoms. The molecule has 1 aromatic carbocycles. The van der Waals surface area contributed by atoms with Crippen molar-refractivity contribution in [1.29, 1.82) is 0 Å². The second-order valence-corrected chi connectivity index (χ2v) is 5.69. The first-order valence-corrected chi connectivity index (χ1v) is 6.98. The Hall–Kier alpha value is -1.95. The number of benzene rings is 1. The first kappa shape index (κ1) is 13.1. The van der Waals surface area contributed by atoms with Crippen molar-refractivity contribution in [2.24, 2.45) is 0 Å². The van der Waals surface area contributed by atoms with E-state index in [-0.39, 0.29) is 5.75 Å². The molecule has 2 aromatic rings. The molecule has 1 atom stereocenters. The summed E-state index contributed by atoms with van der Waals surface area (Å²) in [5.41, 5.74) is 1.40. The van der Waals surface area contributed by atoms with Crippen molar-refractivity contribution in [1.82, 2.24) is 4.98 Å². The van der Waals surface area contributed by atoms with Crippen molar-refractivity contribution < 1.29 is 19.0 Å². The predicted molar refractivity (Wildman–Crippen MR) is 72.8 cm³/mol. The highest BCUT2D eigenvalue weighted by Crippen LogP contribution is 2.40. The third kappa shape index (κ3) is 2.06. The smallest absolute Gasteiger partial charge is 0.312 e. The van der Waals surface area contributed by atoms with Gasteiger partial charge in [0.2, 0.25) is 0 Å². The Labute approximate surface area is 118 Å². The minimum Gasteiger partial charge on any atom is -0.494 e. The molecule has 1 heterocycles. The molecule has 0 radical (unpaired) electrons. The van der Waals surface area contributed by atoms with Gasteiger partial charge in [0.25, 0.3) is 0 Å². The molecule has 0 spiro atoms. The SMILES string of the molecule is COc1cc(-c2nc3c(s2)CCC3C(=O)O)ccc1F. The number of aryl methyl sites for hydroxylation is 1. The van der Waals surface area contributed by atoms with E-state index >= 15 is 0 Å². The average Bonchev–Trinajstić information content (AvgIpc) is 2.98. The zero-order chi connectivity index (χ0) is 14.3. The normalized spacial score (nSPS) is 17.0. The van der Waals surface area contributed by atoms with E-state index in [0.717, 1.165) is 16.9 Å². The van der Waals surface area contributed by atoms with Gasteiger partial charge in [-0.2, -0.15) is 0 Å². The molecule has 1 aromatic heterocycles. The van der Waals surface area contributed by atoms with Gasteiger partial charge in [0.05, 0.1) is 12.8 Å². The van der Waals surface area contributed by atoms with Crippen LogP contribution in [0, 0.1) is 5.82 Å². The maximum absolute atomic E-state index is 13.4. The number of hydrogen-bond acceptors (Lipinski definition) is 4. The van der Waals surface area contributed by atoms with Gasteiger partial charge in [0.1, 0.15) is 10.9 Å². The molecule has 104 valence electrons. The van der Waals surface area contributed by atoms with Crippen LogP contribution in [0.25, 0.3) is 10.6 Å². The van der Waals surface area contributed by atoms with Crippen LogP contribution >= 0.6 is 11.3 Å². The molecule has 0 fully saturated rings. The summed E-state index contributed by atoms with van der Waals surface area (Å²) in [5.74, 6) is -1.62. The minimum absolute atomic E-state index is 0.160. The number of fused-ring (bicyclic) bond motifs is 1. The van der Waals surface area contributed by atoms with Crippen molar-refractivity contribution >= 4 is 17.3 Å². The van der Waals surface area contributed by atoms with E-state index < -0.39 is 17.7 Å². The van der Waals surface area contributed by atoms with E-state index in [1.54, 1.807) is 12.1 Å². The fourth-order valence-electron chi connectivity index (χ4n) is 2.38. The quantitative estimate of drug-likeness (QED) is 0.944. The Bertz CT molecular complexity index is 683.